The molecule has 1 nitrogen and oxygen atoms in total. The van der Waals surface area contributed by atoms with Gasteiger partial charge in [-0.3, -0.25) is 4.90 Å². The zero-order valence-electron chi connectivity index (χ0n) is 9.34. The average Bonchev–Trinajstić information content (AvgIpc) is 2.66. The molecule has 76 valence electrons. The highest BCUT2D eigenvalue weighted by molar-refractivity contribution is 5.21. The summed E-state index contributed by atoms with van der Waals surface area (Å²) in [6.07, 6.45) is 8.94. The fourth-order valence-electron chi connectivity index (χ4n) is 2.18. The van der Waals surface area contributed by atoms with E-state index in [1.54, 1.807) is 0 Å². The van der Waals surface area contributed by atoms with Gasteiger partial charge in [-0.25, -0.2) is 0 Å². The number of hydrogen-bond acceptors (Lipinski definition) is 1. The van der Waals surface area contributed by atoms with Gasteiger partial charge >= 0.3 is 0 Å². The SMILES string of the molecule is C=CC1(C)C(CCCCCC)N1C. The highest BCUT2D eigenvalue weighted by Gasteiger charge is 2.53. The zero-order valence-corrected chi connectivity index (χ0v) is 9.34. The van der Waals surface area contributed by atoms with Crippen LogP contribution in [-0.4, -0.2) is 23.5 Å². The van der Waals surface area contributed by atoms with Gasteiger partial charge in [0.05, 0.1) is 5.54 Å². The fourth-order valence-corrected chi connectivity index (χ4v) is 2.18. The van der Waals surface area contributed by atoms with Crippen molar-refractivity contribution in [2.24, 2.45) is 0 Å². The predicted octanol–water partition coefficient (Wildman–Crippen LogP) is 3.22. The Bertz CT molecular complexity index is 176. The molecule has 1 aliphatic rings. The van der Waals surface area contributed by atoms with Gasteiger partial charge in [-0.1, -0.05) is 38.7 Å². The van der Waals surface area contributed by atoms with Gasteiger partial charge in [0, 0.05) is 6.04 Å². The zero-order chi connectivity index (χ0) is 9.90. The molecule has 0 aliphatic carbocycles. The third-order valence-corrected chi connectivity index (χ3v) is 3.58. The summed E-state index contributed by atoms with van der Waals surface area (Å²) in [7, 11) is 2.20. The van der Waals surface area contributed by atoms with E-state index >= 15 is 0 Å². The molecule has 0 bridgehead atoms. The lowest BCUT2D eigenvalue weighted by atomic mass is 10.0. The van der Waals surface area contributed by atoms with Crippen molar-refractivity contribution in [3.05, 3.63) is 12.7 Å². The summed E-state index contributed by atoms with van der Waals surface area (Å²) in [5, 5.41) is 0. The Hall–Kier alpha value is -0.300. The van der Waals surface area contributed by atoms with Crippen LogP contribution in [0.1, 0.15) is 46.0 Å². The first kappa shape index (κ1) is 10.8. The Morgan fingerprint density at radius 2 is 2.08 bits per heavy atom. The van der Waals surface area contributed by atoms with Crippen LogP contribution in [0.4, 0.5) is 0 Å². The van der Waals surface area contributed by atoms with Crippen molar-refractivity contribution < 1.29 is 0 Å². The third-order valence-electron chi connectivity index (χ3n) is 3.58. The van der Waals surface area contributed by atoms with Crippen molar-refractivity contribution in [3.63, 3.8) is 0 Å². The molecule has 13 heavy (non-hydrogen) atoms. The Kier molecular flexibility index (Phi) is 3.55. The third kappa shape index (κ3) is 2.14. The van der Waals surface area contributed by atoms with E-state index in [2.05, 4.69) is 38.5 Å². The molecule has 1 heteroatoms. The van der Waals surface area contributed by atoms with Gasteiger partial charge in [-0.2, -0.15) is 0 Å². The van der Waals surface area contributed by atoms with E-state index in [1.165, 1.54) is 32.1 Å². The molecule has 0 N–H and O–H groups in total. The lowest BCUT2D eigenvalue weighted by molar-refractivity contribution is 0.528. The van der Waals surface area contributed by atoms with Crippen LogP contribution in [-0.2, 0) is 0 Å². The Labute approximate surface area is 82.8 Å². The quantitative estimate of drug-likeness (QED) is 0.345. The lowest BCUT2D eigenvalue weighted by Gasteiger charge is -2.00. The summed E-state index contributed by atoms with van der Waals surface area (Å²) in [4.78, 5) is 2.42. The largest absolute Gasteiger partial charge is 0.291 e. The van der Waals surface area contributed by atoms with Gasteiger partial charge in [-0.05, 0) is 20.4 Å². The van der Waals surface area contributed by atoms with E-state index in [-0.39, 0.29) is 0 Å². The topological polar surface area (TPSA) is 3.01 Å². The summed E-state index contributed by atoms with van der Waals surface area (Å²) in [6.45, 7) is 8.44. The predicted molar refractivity (Wildman–Crippen MR) is 58.9 cm³/mol. The van der Waals surface area contributed by atoms with Crippen LogP contribution in [0.25, 0.3) is 0 Å². The lowest BCUT2D eigenvalue weighted by Crippen LogP contribution is -2.06. The van der Waals surface area contributed by atoms with E-state index in [4.69, 9.17) is 0 Å². The van der Waals surface area contributed by atoms with Crippen molar-refractivity contribution in [1.82, 2.24) is 4.90 Å². The van der Waals surface area contributed by atoms with Crippen LogP contribution in [0, 0.1) is 0 Å². The van der Waals surface area contributed by atoms with Gasteiger partial charge in [0.2, 0.25) is 0 Å². The molecule has 0 aromatic heterocycles. The maximum atomic E-state index is 3.90. The molecule has 3 unspecified atom stereocenters. The van der Waals surface area contributed by atoms with Gasteiger partial charge in [0.15, 0.2) is 0 Å². The molecule has 1 heterocycles. The molecule has 0 radical (unpaired) electrons. The number of hydrogen-bond donors (Lipinski definition) is 0. The van der Waals surface area contributed by atoms with Crippen LogP contribution >= 0.6 is 0 Å². The summed E-state index contributed by atoms with van der Waals surface area (Å²) in [5.41, 5.74) is 0.312. The molecule has 0 aromatic rings. The summed E-state index contributed by atoms with van der Waals surface area (Å²) < 4.78 is 0. The van der Waals surface area contributed by atoms with E-state index in [0.717, 1.165) is 6.04 Å². The van der Waals surface area contributed by atoms with Crippen LogP contribution in [0.15, 0.2) is 12.7 Å². The summed E-state index contributed by atoms with van der Waals surface area (Å²) in [6, 6.07) is 0.766. The Balaban J connectivity index is 2.15. The van der Waals surface area contributed by atoms with Gasteiger partial charge in [0.25, 0.3) is 0 Å². The number of rotatable bonds is 6. The fraction of sp³-hybridized carbons (Fsp3) is 0.833. The average molecular weight is 181 g/mol. The maximum Gasteiger partial charge on any atom is 0.0517 e. The monoisotopic (exact) mass is 181 g/mol. The molecule has 0 aromatic carbocycles. The highest BCUT2D eigenvalue weighted by atomic mass is 15.4. The molecular weight excluding hydrogens is 158 g/mol. The first-order valence-electron chi connectivity index (χ1n) is 5.53. The van der Waals surface area contributed by atoms with Crippen molar-refractivity contribution >= 4 is 0 Å². The van der Waals surface area contributed by atoms with Crippen molar-refractivity contribution in [2.45, 2.75) is 57.5 Å². The molecule has 0 amide bonds. The second-order valence-electron chi connectivity index (χ2n) is 4.41. The highest BCUT2D eigenvalue weighted by Crippen LogP contribution is 2.42. The van der Waals surface area contributed by atoms with Gasteiger partial charge in [-0.15, -0.1) is 6.58 Å². The van der Waals surface area contributed by atoms with E-state index in [9.17, 15) is 0 Å². The maximum absolute atomic E-state index is 3.90. The smallest absolute Gasteiger partial charge is 0.0517 e. The molecule has 1 fully saturated rings. The molecular formula is C12H23N. The first-order chi connectivity index (χ1) is 6.16. The number of unbranched alkanes of at least 4 members (excludes halogenated alkanes) is 3. The standard InChI is InChI=1S/C12H23N/c1-5-7-8-9-10-11-12(3,6-2)13(11)4/h6,11H,2,5,7-10H2,1,3-4H3. The summed E-state index contributed by atoms with van der Waals surface area (Å²) in [5.74, 6) is 0. The van der Waals surface area contributed by atoms with E-state index < -0.39 is 0 Å². The minimum Gasteiger partial charge on any atom is -0.291 e. The van der Waals surface area contributed by atoms with Crippen LogP contribution in [0.2, 0.25) is 0 Å². The molecule has 0 saturated carbocycles. The van der Waals surface area contributed by atoms with Gasteiger partial charge in [0.1, 0.15) is 0 Å². The molecule has 0 spiro atoms. The van der Waals surface area contributed by atoms with E-state index in [1.807, 2.05) is 0 Å². The molecule has 1 saturated heterocycles. The number of nitrogens with zero attached hydrogens (tertiary/aromatic N) is 1. The van der Waals surface area contributed by atoms with Crippen LogP contribution in [0.5, 0.6) is 0 Å². The molecule has 3 atom stereocenters. The Morgan fingerprint density at radius 1 is 1.38 bits per heavy atom. The minimum atomic E-state index is 0.312. The second-order valence-corrected chi connectivity index (χ2v) is 4.41. The summed E-state index contributed by atoms with van der Waals surface area (Å²) >= 11 is 0. The van der Waals surface area contributed by atoms with E-state index in [0.29, 0.717) is 5.54 Å². The number of likely N-dealkylation sites (N-methyl/N-ethyl adjacent to an activating group) is 1. The van der Waals surface area contributed by atoms with Crippen molar-refractivity contribution in [2.75, 3.05) is 7.05 Å². The normalized spacial score (nSPS) is 37.5. The minimum absolute atomic E-state index is 0.312. The Morgan fingerprint density at radius 3 is 2.54 bits per heavy atom. The molecule has 1 aliphatic heterocycles. The van der Waals surface area contributed by atoms with Crippen molar-refractivity contribution in [1.29, 1.82) is 0 Å². The van der Waals surface area contributed by atoms with Crippen molar-refractivity contribution in [3.8, 4) is 0 Å². The second kappa shape index (κ2) is 4.28. The first-order valence-corrected chi connectivity index (χ1v) is 5.53. The van der Waals surface area contributed by atoms with Crippen LogP contribution < -0.4 is 0 Å². The van der Waals surface area contributed by atoms with Gasteiger partial charge < -0.3 is 0 Å². The van der Waals surface area contributed by atoms with Crippen LogP contribution in [0.3, 0.4) is 0 Å². The molecule has 1 rings (SSSR count).